The molecule has 0 aliphatic rings. The number of halogens is 4. The summed E-state index contributed by atoms with van der Waals surface area (Å²) in [5.74, 6) is -0.703. The van der Waals surface area contributed by atoms with Crippen LogP contribution in [0.1, 0.15) is 13.3 Å². The SMILES string of the molecule is CCCN(CC(F)(F)F)c1cccc(F)c1N. The molecule has 0 aromatic heterocycles. The molecular formula is C11H14F4N2. The maximum atomic E-state index is 13.2. The molecule has 1 aromatic carbocycles. The Morgan fingerprint density at radius 2 is 1.94 bits per heavy atom. The molecule has 2 N–H and O–H groups in total. The highest BCUT2D eigenvalue weighted by Gasteiger charge is 2.31. The van der Waals surface area contributed by atoms with Crippen molar-refractivity contribution in [1.82, 2.24) is 0 Å². The summed E-state index contributed by atoms with van der Waals surface area (Å²) in [6, 6.07) is 3.86. The van der Waals surface area contributed by atoms with Gasteiger partial charge in [-0.15, -0.1) is 0 Å². The smallest absolute Gasteiger partial charge is 0.395 e. The van der Waals surface area contributed by atoms with Gasteiger partial charge in [0, 0.05) is 6.54 Å². The van der Waals surface area contributed by atoms with E-state index in [0.717, 1.165) is 11.0 Å². The maximum Gasteiger partial charge on any atom is 0.405 e. The van der Waals surface area contributed by atoms with Gasteiger partial charge < -0.3 is 10.6 Å². The van der Waals surface area contributed by atoms with Gasteiger partial charge in [-0.25, -0.2) is 4.39 Å². The predicted octanol–water partition coefficient (Wildman–Crippen LogP) is 3.19. The summed E-state index contributed by atoms with van der Waals surface area (Å²) in [5.41, 5.74) is 5.29. The van der Waals surface area contributed by atoms with E-state index in [1.165, 1.54) is 12.1 Å². The highest BCUT2D eigenvalue weighted by atomic mass is 19.4. The zero-order valence-electron chi connectivity index (χ0n) is 9.39. The molecule has 0 aliphatic heterocycles. The van der Waals surface area contributed by atoms with Crippen molar-refractivity contribution in [3.8, 4) is 0 Å². The van der Waals surface area contributed by atoms with Crippen molar-refractivity contribution in [2.45, 2.75) is 19.5 Å². The summed E-state index contributed by atoms with van der Waals surface area (Å²) in [6.45, 7) is 0.792. The van der Waals surface area contributed by atoms with E-state index in [4.69, 9.17) is 5.73 Å². The Morgan fingerprint density at radius 1 is 1.29 bits per heavy atom. The average Bonchev–Trinajstić information content (AvgIpc) is 2.19. The molecule has 1 rings (SSSR count). The lowest BCUT2D eigenvalue weighted by molar-refractivity contribution is -0.119. The Balaban J connectivity index is 3.01. The highest BCUT2D eigenvalue weighted by Crippen LogP contribution is 2.28. The number of rotatable bonds is 4. The van der Waals surface area contributed by atoms with E-state index in [1.807, 2.05) is 0 Å². The zero-order valence-corrected chi connectivity index (χ0v) is 9.39. The zero-order chi connectivity index (χ0) is 13.1. The van der Waals surface area contributed by atoms with Gasteiger partial charge in [0.1, 0.15) is 12.4 Å². The molecule has 0 fully saturated rings. The second kappa shape index (κ2) is 5.25. The van der Waals surface area contributed by atoms with Crippen LogP contribution < -0.4 is 10.6 Å². The van der Waals surface area contributed by atoms with Crippen LogP contribution in [0.25, 0.3) is 0 Å². The van der Waals surface area contributed by atoms with E-state index in [-0.39, 0.29) is 17.9 Å². The van der Waals surface area contributed by atoms with Crippen LogP contribution >= 0.6 is 0 Å². The van der Waals surface area contributed by atoms with Crippen LogP contribution in [0.5, 0.6) is 0 Å². The summed E-state index contributed by atoms with van der Waals surface area (Å²) in [5, 5.41) is 0. The standard InChI is InChI=1S/C11H14F4N2/c1-2-6-17(7-11(13,14)15)9-5-3-4-8(12)10(9)16/h3-5H,2,6-7,16H2,1H3. The van der Waals surface area contributed by atoms with Gasteiger partial charge in [0.05, 0.1) is 11.4 Å². The van der Waals surface area contributed by atoms with Gasteiger partial charge in [-0.3, -0.25) is 0 Å². The van der Waals surface area contributed by atoms with E-state index in [9.17, 15) is 17.6 Å². The third kappa shape index (κ3) is 3.80. The number of nitrogen functional groups attached to an aromatic ring is 1. The summed E-state index contributed by atoms with van der Waals surface area (Å²) in [4.78, 5) is 1.04. The second-order valence-electron chi connectivity index (χ2n) is 3.71. The number of hydrogen-bond donors (Lipinski definition) is 1. The van der Waals surface area contributed by atoms with E-state index < -0.39 is 18.5 Å². The Morgan fingerprint density at radius 3 is 2.47 bits per heavy atom. The number of anilines is 2. The number of benzene rings is 1. The number of nitrogens with zero attached hydrogens (tertiary/aromatic N) is 1. The van der Waals surface area contributed by atoms with Crippen molar-refractivity contribution >= 4 is 11.4 Å². The van der Waals surface area contributed by atoms with E-state index in [1.54, 1.807) is 6.92 Å². The molecule has 0 atom stereocenters. The molecule has 0 amide bonds. The van der Waals surface area contributed by atoms with Gasteiger partial charge in [-0.2, -0.15) is 13.2 Å². The van der Waals surface area contributed by atoms with Crippen LogP contribution in [0.2, 0.25) is 0 Å². The lowest BCUT2D eigenvalue weighted by Crippen LogP contribution is -2.35. The largest absolute Gasteiger partial charge is 0.405 e. The molecule has 0 spiro atoms. The van der Waals surface area contributed by atoms with Gasteiger partial charge >= 0.3 is 6.18 Å². The fourth-order valence-corrected chi connectivity index (χ4v) is 1.57. The van der Waals surface area contributed by atoms with Crippen LogP contribution in [0, 0.1) is 5.82 Å². The fourth-order valence-electron chi connectivity index (χ4n) is 1.57. The summed E-state index contributed by atoms with van der Waals surface area (Å²) < 4.78 is 50.3. The van der Waals surface area contributed by atoms with Crippen molar-refractivity contribution < 1.29 is 17.6 Å². The second-order valence-corrected chi connectivity index (χ2v) is 3.71. The normalized spacial score (nSPS) is 11.6. The number of hydrogen-bond acceptors (Lipinski definition) is 2. The lowest BCUT2D eigenvalue weighted by Gasteiger charge is -2.26. The van der Waals surface area contributed by atoms with Crippen LogP contribution in [-0.2, 0) is 0 Å². The molecule has 2 nitrogen and oxygen atoms in total. The summed E-state index contributed by atoms with van der Waals surface area (Å²) in [7, 11) is 0. The first-order chi connectivity index (χ1) is 7.85. The van der Waals surface area contributed by atoms with Crippen molar-refractivity contribution in [1.29, 1.82) is 0 Å². The molecule has 1 aromatic rings. The first-order valence-corrected chi connectivity index (χ1v) is 5.21. The quantitative estimate of drug-likeness (QED) is 0.657. The van der Waals surface area contributed by atoms with Crippen molar-refractivity contribution in [2.75, 3.05) is 23.7 Å². The van der Waals surface area contributed by atoms with E-state index in [2.05, 4.69) is 0 Å². The van der Waals surface area contributed by atoms with Crippen molar-refractivity contribution in [3.05, 3.63) is 24.0 Å². The number of para-hydroxylation sites is 1. The number of alkyl halides is 3. The molecule has 96 valence electrons. The third-order valence-corrected chi connectivity index (χ3v) is 2.23. The van der Waals surface area contributed by atoms with Gasteiger partial charge in [0.15, 0.2) is 0 Å². The predicted molar refractivity (Wildman–Crippen MR) is 59.4 cm³/mol. The van der Waals surface area contributed by atoms with Gasteiger partial charge in [0.2, 0.25) is 0 Å². The Bertz CT molecular complexity index is 376. The molecule has 17 heavy (non-hydrogen) atoms. The molecule has 6 heteroatoms. The van der Waals surface area contributed by atoms with Gasteiger partial charge in [-0.05, 0) is 18.6 Å². The van der Waals surface area contributed by atoms with Gasteiger partial charge in [0.25, 0.3) is 0 Å². The fraction of sp³-hybridized carbons (Fsp3) is 0.455. The van der Waals surface area contributed by atoms with Crippen molar-refractivity contribution in [2.24, 2.45) is 0 Å². The Hall–Kier alpha value is -1.46. The summed E-state index contributed by atoms with van der Waals surface area (Å²) >= 11 is 0. The Labute approximate surface area is 97.0 Å². The van der Waals surface area contributed by atoms with E-state index >= 15 is 0 Å². The molecule has 0 heterocycles. The number of nitrogens with two attached hydrogens (primary N) is 1. The minimum atomic E-state index is -4.34. The first kappa shape index (κ1) is 13.6. The van der Waals surface area contributed by atoms with Crippen molar-refractivity contribution in [3.63, 3.8) is 0 Å². The van der Waals surface area contributed by atoms with E-state index in [0.29, 0.717) is 6.42 Å². The molecule has 0 saturated heterocycles. The van der Waals surface area contributed by atoms with Crippen LogP contribution in [0.15, 0.2) is 18.2 Å². The molecule has 0 bridgehead atoms. The lowest BCUT2D eigenvalue weighted by atomic mass is 10.2. The monoisotopic (exact) mass is 250 g/mol. The van der Waals surface area contributed by atoms with Gasteiger partial charge in [-0.1, -0.05) is 13.0 Å². The van der Waals surface area contributed by atoms with Crippen LogP contribution in [0.3, 0.4) is 0 Å². The maximum absolute atomic E-state index is 13.2. The highest BCUT2D eigenvalue weighted by molar-refractivity contribution is 5.68. The third-order valence-electron chi connectivity index (χ3n) is 2.23. The minimum Gasteiger partial charge on any atom is -0.395 e. The van der Waals surface area contributed by atoms with Crippen LogP contribution in [0.4, 0.5) is 28.9 Å². The molecule has 0 unspecified atom stereocenters. The molecule has 0 aliphatic carbocycles. The Kier molecular flexibility index (Phi) is 4.20. The minimum absolute atomic E-state index is 0.0872. The van der Waals surface area contributed by atoms with Crippen LogP contribution in [-0.4, -0.2) is 19.3 Å². The first-order valence-electron chi connectivity index (χ1n) is 5.21. The average molecular weight is 250 g/mol. The topological polar surface area (TPSA) is 29.3 Å². The molecule has 0 saturated carbocycles. The summed E-state index contributed by atoms with van der Waals surface area (Å²) in [6.07, 6.45) is -3.82. The molecule has 0 radical (unpaired) electrons. The molecular weight excluding hydrogens is 236 g/mol.